The molecule has 0 saturated heterocycles. The fourth-order valence-corrected chi connectivity index (χ4v) is 1.10. The number of alkyl halides is 2. The molecule has 0 heterocycles. The molecule has 0 aliphatic rings. The van der Waals surface area contributed by atoms with E-state index in [2.05, 4.69) is 10.6 Å². The standard InChI is InChI=1S/C10H18F2N2O2/c1-4-8(15)14-9(6(2)3)10(16)13-5-7(11)12/h6-7,9H,4-5H2,1-3H3,(H,13,16)(H,14,15)/t9-/m1/s1. The van der Waals surface area contributed by atoms with Gasteiger partial charge in [0.05, 0.1) is 6.54 Å². The lowest BCUT2D eigenvalue weighted by molar-refractivity contribution is -0.130. The summed E-state index contributed by atoms with van der Waals surface area (Å²) in [4.78, 5) is 22.6. The molecule has 2 amide bonds. The summed E-state index contributed by atoms with van der Waals surface area (Å²) in [5.74, 6) is -0.990. The first-order valence-electron chi connectivity index (χ1n) is 5.23. The van der Waals surface area contributed by atoms with Crippen molar-refractivity contribution in [3.05, 3.63) is 0 Å². The van der Waals surface area contributed by atoms with Crippen molar-refractivity contribution in [1.29, 1.82) is 0 Å². The van der Waals surface area contributed by atoms with E-state index in [9.17, 15) is 18.4 Å². The third-order valence-electron chi connectivity index (χ3n) is 2.02. The molecular formula is C10H18F2N2O2. The molecule has 0 aromatic rings. The Bertz CT molecular complexity index is 245. The SMILES string of the molecule is CCC(=O)N[C@@H](C(=O)NCC(F)F)C(C)C. The molecular weight excluding hydrogens is 218 g/mol. The van der Waals surface area contributed by atoms with Gasteiger partial charge in [0.2, 0.25) is 11.8 Å². The molecule has 0 fully saturated rings. The van der Waals surface area contributed by atoms with Crippen molar-refractivity contribution in [1.82, 2.24) is 10.6 Å². The minimum Gasteiger partial charge on any atom is -0.349 e. The first kappa shape index (κ1) is 14.8. The average molecular weight is 236 g/mol. The maximum Gasteiger partial charge on any atom is 0.255 e. The zero-order valence-corrected chi connectivity index (χ0v) is 9.72. The van der Waals surface area contributed by atoms with Crippen molar-refractivity contribution < 1.29 is 18.4 Å². The lowest BCUT2D eigenvalue weighted by Crippen LogP contribution is -2.50. The van der Waals surface area contributed by atoms with Gasteiger partial charge in [-0.2, -0.15) is 0 Å². The Hall–Kier alpha value is -1.20. The number of amides is 2. The molecule has 0 spiro atoms. The van der Waals surface area contributed by atoms with Crippen LogP contribution in [0.1, 0.15) is 27.2 Å². The molecule has 0 rings (SSSR count). The van der Waals surface area contributed by atoms with Crippen LogP contribution in [0.15, 0.2) is 0 Å². The second-order valence-corrected chi connectivity index (χ2v) is 3.78. The predicted octanol–water partition coefficient (Wildman–Crippen LogP) is 0.918. The minimum absolute atomic E-state index is 0.145. The third-order valence-corrected chi connectivity index (χ3v) is 2.02. The van der Waals surface area contributed by atoms with Gasteiger partial charge in [0.25, 0.3) is 6.43 Å². The summed E-state index contributed by atoms with van der Waals surface area (Å²) in [6, 6.07) is -0.758. The fraction of sp³-hybridized carbons (Fsp3) is 0.800. The van der Waals surface area contributed by atoms with E-state index in [0.717, 1.165) is 0 Å². The zero-order chi connectivity index (χ0) is 12.7. The zero-order valence-electron chi connectivity index (χ0n) is 9.72. The average Bonchev–Trinajstić information content (AvgIpc) is 2.21. The molecule has 0 saturated carbocycles. The fourth-order valence-electron chi connectivity index (χ4n) is 1.10. The molecule has 0 radical (unpaired) electrons. The highest BCUT2D eigenvalue weighted by Crippen LogP contribution is 2.02. The number of carbonyl (C=O) groups excluding carboxylic acids is 2. The molecule has 2 N–H and O–H groups in total. The Balaban J connectivity index is 4.30. The van der Waals surface area contributed by atoms with E-state index in [0.29, 0.717) is 0 Å². The summed E-state index contributed by atoms with van der Waals surface area (Å²) in [6.45, 7) is 4.44. The van der Waals surface area contributed by atoms with E-state index in [4.69, 9.17) is 0 Å². The number of hydrogen-bond acceptors (Lipinski definition) is 2. The summed E-state index contributed by atoms with van der Waals surface area (Å²) >= 11 is 0. The van der Waals surface area contributed by atoms with Crippen molar-refractivity contribution in [2.75, 3.05) is 6.54 Å². The maximum atomic E-state index is 11.9. The molecule has 0 aromatic heterocycles. The highest BCUT2D eigenvalue weighted by Gasteiger charge is 2.23. The number of rotatable bonds is 6. The topological polar surface area (TPSA) is 58.2 Å². The van der Waals surface area contributed by atoms with Gasteiger partial charge in [-0.15, -0.1) is 0 Å². The van der Waals surface area contributed by atoms with Crippen LogP contribution in [0.5, 0.6) is 0 Å². The second-order valence-electron chi connectivity index (χ2n) is 3.78. The first-order chi connectivity index (χ1) is 7.38. The molecule has 6 heteroatoms. The molecule has 0 aromatic carbocycles. The van der Waals surface area contributed by atoms with Crippen LogP contribution in [-0.4, -0.2) is 30.8 Å². The monoisotopic (exact) mass is 236 g/mol. The Morgan fingerprint density at radius 1 is 1.25 bits per heavy atom. The van der Waals surface area contributed by atoms with Crippen molar-refractivity contribution >= 4 is 11.8 Å². The van der Waals surface area contributed by atoms with Crippen LogP contribution < -0.4 is 10.6 Å². The van der Waals surface area contributed by atoms with E-state index in [1.165, 1.54) is 0 Å². The number of nitrogens with one attached hydrogen (secondary N) is 2. The normalized spacial score (nSPS) is 12.7. The lowest BCUT2D eigenvalue weighted by atomic mass is 10.0. The molecule has 0 unspecified atom stereocenters. The van der Waals surface area contributed by atoms with Crippen LogP contribution in [-0.2, 0) is 9.59 Å². The number of carbonyl (C=O) groups is 2. The quantitative estimate of drug-likeness (QED) is 0.720. The Morgan fingerprint density at radius 3 is 2.19 bits per heavy atom. The summed E-state index contributed by atoms with van der Waals surface area (Å²) < 4.78 is 23.8. The molecule has 0 bridgehead atoms. The van der Waals surface area contributed by atoms with Crippen LogP contribution in [0.25, 0.3) is 0 Å². The van der Waals surface area contributed by atoms with Crippen molar-refractivity contribution in [2.45, 2.75) is 39.7 Å². The Labute approximate surface area is 93.8 Å². The molecule has 0 aliphatic heterocycles. The highest BCUT2D eigenvalue weighted by atomic mass is 19.3. The Kier molecular flexibility index (Phi) is 6.60. The van der Waals surface area contributed by atoms with Crippen LogP contribution >= 0.6 is 0 Å². The van der Waals surface area contributed by atoms with Gasteiger partial charge in [-0.25, -0.2) is 8.78 Å². The summed E-state index contributed by atoms with van der Waals surface area (Å²) in [6.07, 6.45) is -2.33. The summed E-state index contributed by atoms with van der Waals surface area (Å²) in [5, 5.41) is 4.58. The third kappa shape index (κ3) is 5.63. The maximum absolute atomic E-state index is 11.9. The van der Waals surface area contributed by atoms with Crippen molar-refractivity contribution in [2.24, 2.45) is 5.92 Å². The molecule has 0 aliphatic carbocycles. The predicted molar refractivity (Wildman–Crippen MR) is 56.1 cm³/mol. The van der Waals surface area contributed by atoms with Gasteiger partial charge in [0.15, 0.2) is 0 Å². The molecule has 94 valence electrons. The largest absolute Gasteiger partial charge is 0.349 e. The van der Waals surface area contributed by atoms with Crippen molar-refractivity contribution in [3.63, 3.8) is 0 Å². The van der Waals surface area contributed by atoms with Crippen LogP contribution in [0.4, 0.5) is 8.78 Å². The van der Waals surface area contributed by atoms with Crippen LogP contribution in [0.2, 0.25) is 0 Å². The van der Waals surface area contributed by atoms with Gasteiger partial charge in [-0.05, 0) is 5.92 Å². The van der Waals surface area contributed by atoms with Gasteiger partial charge in [-0.3, -0.25) is 9.59 Å². The molecule has 4 nitrogen and oxygen atoms in total. The smallest absolute Gasteiger partial charge is 0.255 e. The number of hydrogen-bond donors (Lipinski definition) is 2. The van der Waals surface area contributed by atoms with E-state index < -0.39 is 24.9 Å². The van der Waals surface area contributed by atoms with E-state index in [1.807, 2.05) is 0 Å². The van der Waals surface area contributed by atoms with Gasteiger partial charge >= 0.3 is 0 Å². The number of halogens is 2. The highest BCUT2D eigenvalue weighted by molar-refractivity contribution is 5.87. The van der Waals surface area contributed by atoms with Gasteiger partial charge in [-0.1, -0.05) is 20.8 Å². The van der Waals surface area contributed by atoms with Crippen LogP contribution in [0.3, 0.4) is 0 Å². The lowest BCUT2D eigenvalue weighted by Gasteiger charge is -2.21. The second kappa shape index (κ2) is 7.14. The first-order valence-corrected chi connectivity index (χ1v) is 5.23. The Morgan fingerprint density at radius 2 is 1.81 bits per heavy atom. The minimum atomic E-state index is -2.58. The van der Waals surface area contributed by atoms with Crippen molar-refractivity contribution in [3.8, 4) is 0 Å². The summed E-state index contributed by atoms with van der Waals surface area (Å²) in [7, 11) is 0. The van der Waals surface area contributed by atoms with Gasteiger partial charge in [0.1, 0.15) is 6.04 Å². The van der Waals surface area contributed by atoms with E-state index in [-0.39, 0.29) is 18.2 Å². The van der Waals surface area contributed by atoms with E-state index >= 15 is 0 Å². The molecule has 16 heavy (non-hydrogen) atoms. The van der Waals surface area contributed by atoms with E-state index in [1.54, 1.807) is 20.8 Å². The van der Waals surface area contributed by atoms with Gasteiger partial charge < -0.3 is 10.6 Å². The van der Waals surface area contributed by atoms with Gasteiger partial charge in [0, 0.05) is 6.42 Å². The summed E-state index contributed by atoms with van der Waals surface area (Å²) in [5.41, 5.74) is 0. The van der Waals surface area contributed by atoms with Crippen LogP contribution in [0, 0.1) is 5.92 Å². The molecule has 1 atom stereocenters.